The lowest BCUT2D eigenvalue weighted by Gasteiger charge is -1.99. The number of rotatable bonds is 4. The highest BCUT2D eigenvalue weighted by atomic mass is 16.6. The zero-order chi connectivity index (χ0) is 15.9. The first-order valence-electron chi connectivity index (χ1n) is 6.18. The van der Waals surface area contributed by atoms with Gasteiger partial charge in [0.2, 0.25) is 0 Å². The Balaban J connectivity index is 1.98. The van der Waals surface area contributed by atoms with E-state index in [2.05, 4.69) is 10.5 Å². The molecule has 0 aliphatic rings. The third-order valence-corrected chi connectivity index (χ3v) is 2.76. The molecule has 0 atom stereocenters. The van der Waals surface area contributed by atoms with Crippen molar-refractivity contribution in [1.82, 2.24) is 5.43 Å². The molecule has 7 nitrogen and oxygen atoms in total. The summed E-state index contributed by atoms with van der Waals surface area (Å²) in [6.45, 7) is 0. The number of nitriles is 1. The summed E-state index contributed by atoms with van der Waals surface area (Å²) < 4.78 is 0. The summed E-state index contributed by atoms with van der Waals surface area (Å²) in [6.07, 6.45) is 1.43. The highest BCUT2D eigenvalue weighted by Gasteiger charge is 2.08. The maximum Gasteiger partial charge on any atom is 0.271 e. The molecule has 7 heteroatoms. The van der Waals surface area contributed by atoms with Gasteiger partial charge in [-0.1, -0.05) is 12.1 Å². The minimum absolute atomic E-state index is 0.0855. The molecule has 0 fully saturated rings. The van der Waals surface area contributed by atoms with Gasteiger partial charge in [0.25, 0.3) is 11.6 Å². The molecule has 2 aromatic carbocycles. The maximum atomic E-state index is 11.8. The minimum atomic E-state index is -0.537. The second-order valence-corrected chi connectivity index (χ2v) is 4.24. The molecule has 0 radical (unpaired) electrons. The van der Waals surface area contributed by atoms with Crippen molar-refractivity contribution in [2.45, 2.75) is 0 Å². The number of benzene rings is 2. The van der Waals surface area contributed by atoms with Gasteiger partial charge in [-0.05, 0) is 29.8 Å². The van der Waals surface area contributed by atoms with E-state index in [0.29, 0.717) is 5.56 Å². The van der Waals surface area contributed by atoms with Crippen LogP contribution in [-0.2, 0) is 0 Å². The van der Waals surface area contributed by atoms with Crippen LogP contribution in [-0.4, -0.2) is 17.0 Å². The number of hydrogen-bond donors (Lipinski definition) is 1. The second-order valence-electron chi connectivity index (χ2n) is 4.24. The average molecular weight is 294 g/mol. The van der Waals surface area contributed by atoms with Crippen LogP contribution in [0, 0.1) is 21.4 Å². The van der Waals surface area contributed by atoms with Gasteiger partial charge in [0.05, 0.1) is 22.8 Å². The fraction of sp³-hybridized carbons (Fsp3) is 0. The SMILES string of the molecule is N#Cc1ccc(C=NNC(=O)c2ccc([N+](=O)[O-])cc2)cc1. The minimum Gasteiger partial charge on any atom is -0.267 e. The van der Waals surface area contributed by atoms with E-state index in [1.165, 1.54) is 30.5 Å². The highest BCUT2D eigenvalue weighted by Crippen LogP contribution is 2.11. The Labute approximate surface area is 125 Å². The normalized spacial score (nSPS) is 10.1. The van der Waals surface area contributed by atoms with E-state index < -0.39 is 10.8 Å². The fourth-order valence-electron chi connectivity index (χ4n) is 1.61. The van der Waals surface area contributed by atoms with Crippen LogP contribution in [0.2, 0.25) is 0 Å². The smallest absolute Gasteiger partial charge is 0.267 e. The van der Waals surface area contributed by atoms with Gasteiger partial charge in [-0.2, -0.15) is 10.4 Å². The Bertz CT molecular complexity index is 759. The number of nitro benzene ring substituents is 1. The molecular formula is C15H10N4O3. The number of non-ortho nitro benzene ring substituents is 1. The molecule has 0 unspecified atom stereocenters. The molecule has 0 saturated carbocycles. The number of nitro groups is 1. The van der Waals surface area contributed by atoms with Crippen molar-refractivity contribution in [3.8, 4) is 6.07 Å². The first-order chi connectivity index (χ1) is 10.6. The lowest BCUT2D eigenvalue weighted by molar-refractivity contribution is -0.384. The van der Waals surface area contributed by atoms with Crippen molar-refractivity contribution in [3.63, 3.8) is 0 Å². The van der Waals surface area contributed by atoms with Gasteiger partial charge in [0, 0.05) is 17.7 Å². The molecule has 0 spiro atoms. The number of carbonyl (C=O) groups excluding carboxylic acids is 1. The van der Waals surface area contributed by atoms with Crippen molar-refractivity contribution in [2.24, 2.45) is 5.10 Å². The summed E-state index contributed by atoms with van der Waals surface area (Å²) in [5.74, 6) is -0.472. The van der Waals surface area contributed by atoms with Crippen LogP contribution in [0.25, 0.3) is 0 Å². The molecule has 2 aromatic rings. The standard InChI is InChI=1S/C15H10N4O3/c16-9-11-1-3-12(4-2-11)10-17-18-15(20)13-5-7-14(8-6-13)19(21)22/h1-8,10H,(H,18,20). The zero-order valence-electron chi connectivity index (χ0n) is 11.3. The van der Waals surface area contributed by atoms with Crippen LogP contribution < -0.4 is 5.43 Å². The molecule has 2 rings (SSSR count). The molecule has 1 N–H and O–H groups in total. The number of hydrazone groups is 1. The van der Waals surface area contributed by atoms with Crippen molar-refractivity contribution < 1.29 is 9.72 Å². The average Bonchev–Trinajstić information content (AvgIpc) is 2.55. The topological polar surface area (TPSA) is 108 Å². The van der Waals surface area contributed by atoms with Crippen LogP contribution in [0.15, 0.2) is 53.6 Å². The molecular weight excluding hydrogens is 284 g/mol. The first-order valence-corrected chi connectivity index (χ1v) is 6.18. The molecule has 0 aromatic heterocycles. The van der Waals surface area contributed by atoms with Crippen LogP contribution in [0.5, 0.6) is 0 Å². The lowest BCUT2D eigenvalue weighted by Crippen LogP contribution is -2.17. The van der Waals surface area contributed by atoms with Crippen LogP contribution in [0.1, 0.15) is 21.5 Å². The fourth-order valence-corrected chi connectivity index (χ4v) is 1.61. The zero-order valence-corrected chi connectivity index (χ0v) is 11.3. The molecule has 22 heavy (non-hydrogen) atoms. The summed E-state index contributed by atoms with van der Waals surface area (Å²) in [7, 11) is 0. The first kappa shape index (κ1) is 14.9. The Morgan fingerprint density at radius 2 is 1.82 bits per heavy atom. The summed E-state index contributed by atoms with van der Waals surface area (Å²) >= 11 is 0. The summed E-state index contributed by atoms with van der Waals surface area (Å²) in [4.78, 5) is 21.8. The van der Waals surface area contributed by atoms with Crippen LogP contribution in [0.3, 0.4) is 0 Å². The maximum absolute atomic E-state index is 11.8. The third-order valence-electron chi connectivity index (χ3n) is 2.76. The molecule has 0 saturated heterocycles. The van der Waals surface area contributed by atoms with Gasteiger partial charge < -0.3 is 0 Å². The molecule has 0 bridgehead atoms. The van der Waals surface area contributed by atoms with E-state index in [9.17, 15) is 14.9 Å². The van der Waals surface area contributed by atoms with E-state index in [4.69, 9.17) is 5.26 Å². The summed E-state index contributed by atoms with van der Waals surface area (Å²) in [5, 5.41) is 23.0. The Morgan fingerprint density at radius 1 is 1.18 bits per heavy atom. The molecule has 0 aliphatic carbocycles. The quantitative estimate of drug-likeness (QED) is 0.529. The monoisotopic (exact) mass is 294 g/mol. The number of carbonyl (C=O) groups is 1. The third kappa shape index (κ3) is 3.74. The summed E-state index contributed by atoms with van der Waals surface area (Å²) in [6, 6.07) is 13.9. The number of hydrogen-bond acceptors (Lipinski definition) is 5. The summed E-state index contributed by atoms with van der Waals surface area (Å²) in [5.41, 5.74) is 3.76. The van der Waals surface area contributed by atoms with Crippen molar-refractivity contribution in [3.05, 3.63) is 75.3 Å². The van der Waals surface area contributed by atoms with Gasteiger partial charge in [-0.3, -0.25) is 14.9 Å². The number of nitrogens with one attached hydrogen (secondary N) is 1. The van der Waals surface area contributed by atoms with E-state index in [1.807, 2.05) is 6.07 Å². The van der Waals surface area contributed by atoms with Crippen LogP contribution >= 0.6 is 0 Å². The largest absolute Gasteiger partial charge is 0.271 e. The lowest BCUT2D eigenvalue weighted by atomic mass is 10.2. The van der Waals surface area contributed by atoms with E-state index >= 15 is 0 Å². The molecule has 108 valence electrons. The van der Waals surface area contributed by atoms with E-state index in [1.54, 1.807) is 24.3 Å². The number of amides is 1. The van der Waals surface area contributed by atoms with Crippen LogP contribution in [0.4, 0.5) is 5.69 Å². The van der Waals surface area contributed by atoms with Gasteiger partial charge in [0.1, 0.15) is 0 Å². The predicted octanol–water partition coefficient (Wildman–Crippen LogP) is 2.23. The van der Waals surface area contributed by atoms with Crippen molar-refractivity contribution in [1.29, 1.82) is 5.26 Å². The van der Waals surface area contributed by atoms with Gasteiger partial charge >= 0.3 is 0 Å². The van der Waals surface area contributed by atoms with E-state index in [-0.39, 0.29) is 11.3 Å². The molecule has 1 amide bonds. The van der Waals surface area contributed by atoms with Crippen molar-refractivity contribution in [2.75, 3.05) is 0 Å². The Morgan fingerprint density at radius 3 is 2.36 bits per heavy atom. The predicted molar refractivity (Wildman–Crippen MR) is 79.3 cm³/mol. The Hall–Kier alpha value is -3.53. The molecule has 0 aliphatic heterocycles. The van der Waals surface area contributed by atoms with Gasteiger partial charge in [0.15, 0.2) is 0 Å². The van der Waals surface area contributed by atoms with Crippen molar-refractivity contribution >= 4 is 17.8 Å². The number of nitrogens with zero attached hydrogens (tertiary/aromatic N) is 3. The highest BCUT2D eigenvalue weighted by molar-refractivity contribution is 5.95. The van der Waals surface area contributed by atoms with E-state index in [0.717, 1.165) is 5.56 Å². The Kier molecular flexibility index (Phi) is 4.57. The van der Waals surface area contributed by atoms with Gasteiger partial charge in [-0.25, -0.2) is 5.43 Å². The molecule has 0 heterocycles. The second kappa shape index (κ2) is 6.76. The van der Waals surface area contributed by atoms with Gasteiger partial charge in [-0.15, -0.1) is 0 Å².